The summed E-state index contributed by atoms with van der Waals surface area (Å²) in [5.41, 5.74) is 0. The molecule has 7 nitrogen and oxygen atoms in total. The first-order valence-corrected chi connectivity index (χ1v) is 9.18. The Hall–Kier alpha value is -0.700. The summed E-state index contributed by atoms with van der Waals surface area (Å²) in [6.07, 6.45) is 4.14. The van der Waals surface area contributed by atoms with Crippen molar-refractivity contribution >= 4 is 16.0 Å². The molecule has 2 atom stereocenters. The molecule has 0 saturated carbocycles. The Balaban J connectivity index is 1.91. The minimum absolute atomic E-state index is 0.0327. The van der Waals surface area contributed by atoms with Crippen molar-refractivity contribution in [2.45, 2.75) is 43.4 Å². The monoisotopic (exact) mass is 319 g/mol. The van der Waals surface area contributed by atoms with Crippen molar-refractivity contribution in [1.82, 2.24) is 15.5 Å². The van der Waals surface area contributed by atoms with E-state index >= 15 is 0 Å². The molecule has 2 aliphatic heterocycles. The third-order valence-electron chi connectivity index (χ3n) is 4.18. The van der Waals surface area contributed by atoms with Gasteiger partial charge >= 0.3 is 0 Å². The van der Waals surface area contributed by atoms with Gasteiger partial charge in [-0.25, -0.2) is 0 Å². The standard InChI is InChI=1S/C13H25N3O4S/c17-13(12-9-11(10-15-12)21(18,19)20)16-7-3-1-5-14-6-2-4-8-16/h11-12,14-15H,1-10H2,(H,18,19,20)/t11-,12+/m1/s1. The van der Waals surface area contributed by atoms with Crippen LogP contribution in [0.15, 0.2) is 0 Å². The lowest BCUT2D eigenvalue weighted by molar-refractivity contribution is -0.133. The lowest BCUT2D eigenvalue weighted by Crippen LogP contribution is -2.44. The zero-order valence-electron chi connectivity index (χ0n) is 12.3. The fourth-order valence-corrected chi connectivity index (χ4v) is 3.64. The molecule has 0 aromatic heterocycles. The zero-order chi connectivity index (χ0) is 15.3. The van der Waals surface area contributed by atoms with E-state index in [1.54, 1.807) is 0 Å². The molecule has 0 aliphatic carbocycles. The van der Waals surface area contributed by atoms with Crippen LogP contribution in [0.3, 0.4) is 0 Å². The van der Waals surface area contributed by atoms with E-state index in [0.29, 0.717) is 0 Å². The summed E-state index contributed by atoms with van der Waals surface area (Å²) in [6.45, 7) is 3.54. The molecule has 2 rings (SSSR count). The van der Waals surface area contributed by atoms with Gasteiger partial charge in [0.15, 0.2) is 0 Å². The van der Waals surface area contributed by atoms with Gasteiger partial charge in [-0.05, 0) is 45.2 Å². The summed E-state index contributed by atoms with van der Waals surface area (Å²) < 4.78 is 31.4. The number of amides is 1. The largest absolute Gasteiger partial charge is 0.341 e. The molecule has 122 valence electrons. The highest BCUT2D eigenvalue weighted by Crippen LogP contribution is 2.16. The molecule has 8 heteroatoms. The normalized spacial score (nSPS) is 29.3. The maximum atomic E-state index is 12.5. The van der Waals surface area contributed by atoms with Gasteiger partial charge in [0, 0.05) is 19.6 Å². The van der Waals surface area contributed by atoms with Crippen LogP contribution in [0, 0.1) is 0 Å². The summed E-state index contributed by atoms with van der Waals surface area (Å²) in [6, 6.07) is -0.488. The molecule has 0 radical (unpaired) electrons. The summed E-state index contributed by atoms with van der Waals surface area (Å²) in [5, 5.41) is 5.43. The van der Waals surface area contributed by atoms with Crippen LogP contribution in [0.1, 0.15) is 32.1 Å². The molecule has 1 amide bonds. The summed E-state index contributed by atoms with van der Waals surface area (Å²) in [7, 11) is -4.06. The lowest BCUT2D eigenvalue weighted by Gasteiger charge is -2.26. The molecule has 0 aromatic carbocycles. The number of hydrogen-bond donors (Lipinski definition) is 3. The first kappa shape index (κ1) is 16.7. The maximum Gasteiger partial charge on any atom is 0.269 e. The average Bonchev–Trinajstić information content (AvgIpc) is 2.93. The van der Waals surface area contributed by atoms with E-state index in [9.17, 15) is 13.2 Å². The van der Waals surface area contributed by atoms with Crippen LogP contribution in [-0.2, 0) is 14.9 Å². The first-order valence-electron chi connectivity index (χ1n) is 7.67. The number of nitrogens with zero attached hydrogens (tertiary/aromatic N) is 1. The molecule has 3 N–H and O–H groups in total. The fraction of sp³-hybridized carbons (Fsp3) is 0.923. The van der Waals surface area contributed by atoms with Crippen molar-refractivity contribution in [2.75, 3.05) is 32.7 Å². The van der Waals surface area contributed by atoms with Crippen LogP contribution in [0.4, 0.5) is 0 Å². The van der Waals surface area contributed by atoms with E-state index < -0.39 is 21.4 Å². The highest BCUT2D eigenvalue weighted by Gasteiger charge is 2.37. The Labute approximate surface area is 126 Å². The molecular weight excluding hydrogens is 294 g/mol. The van der Waals surface area contributed by atoms with Crippen molar-refractivity contribution in [3.05, 3.63) is 0 Å². The van der Waals surface area contributed by atoms with Gasteiger partial charge in [-0.15, -0.1) is 0 Å². The van der Waals surface area contributed by atoms with Gasteiger partial charge in [0.05, 0.1) is 6.04 Å². The van der Waals surface area contributed by atoms with Gasteiger partial charge in [0.25, 0.3) is 10.1 Å². The molecule has 2 aliphatic rings. The highest BCUT2D eigenvalue weighted by molar-refractivity contribution is 7.86. The van der Waals surface area contributed by atoms with Crippen molar-refractivity contribution in [2.24, 2.45) is 0 Å². The quantitative estimate of drug-likeness (QED) is 0.599. The Morgan fingerprint density at radius 3 is 2.24 bits per heavy atom. The molecular formula is C13H25N3O4S. The Morgan fingerprint density at radius 1 is 1.10 bits per heavy atom. The van der Waals surface area contributed by atoms with Crippen molar-refractivity contribution in [3.8, 4) is 0 Å². The van der Waals surface area contributed by atoms with Crippen LogP contribution < -0.4 is 10.6 Å². The molecule has 2 saturated heterocycles. The molecule has 21 heavy (non-hydrogen) atoms. The van der Waals surface area contributed by atoms with Gasteiger partial charge in [-0.2, -0.15) is 8.42 Å². The number of hydrogen-bond acceptors (Lipinski definition) is 5. The number of carbonyl (C=O) groups is 1. The minimum atomic E-state index is -4.06. The zero-order valence-corrected chi connectivity index (χ0v) is 13.1. The maximum absolute atomic E-state index is 12.5. The van der Waals surface area contributed by atoms with Crippen LogP contribution >= 0.6 is 0 Å². The SMILES string of the molecule is O=C([C@@H]1C[C@@H](S(=O)(=O)O)CN1)N1CCCCNCCCC1. The lowest BCUT2D eigenvalue weighted by atomic mass is 10.1. The van der Waals surface area contributed by atoms with Crippen LogP contribution in [0.2, 0.25) is 0 Å². The fourth-order valence-electron chi connectivity index (χ4n) is 2.90. The van der Waals surface area contributed by atoms with Crippen molar-refractivity contribution in [1.29, 1.82) is 0 Å². The van der Waals surface area contributed by atoms with E-state index in [4.69, 9.17) is 4.55 Å². The smallest absolute Gasteiger partial charge is 0.269 e. The van der Waals surface area contributed by atoms with Crippen LogP contribution in [0.25, 0.3) is 0 Å². The third-order valence-corrected chi connectivity index (χ3v) is 5.39. The molecule has 0 unspecified atom stereocenters. The van der Waals surface area contributed by atoms with Gasteiger partial charge < -0.3 is 15.5 Å². The van der Waals surface area contributed by atoms with Crippen molar-refractivity contribution < 1.29 is 17.8 Å². The molecule has 2 heterocycles. The van der Waals surface area contributed by atoms with Gasteiger partial charge in [0.2, 0.25) is 5.91 Å². The third kappa shape index (κ3) is 4.91. The highest BCUT2D eigenvalue weighted by atomic mass is 32.2. The van der Waals surface area contributed by atoms with Crippen molar-refractivity contribution in [3.63, 3.8) is 0 Å². The number of carbonyl (C=O) groups excluding carboxylic acids is 1. The van der Waals surface area contributed by atoms with Gasteiger partial charge in [0.1, 0.15) is 5.25 Å². The predicted molar refractivity (Wildman–Crippen MR) is 79.7 cm³/mol. The van der Waals surface area contributed by atoms with E-state index in [-0.39, 0.29) is 18.9 Å². The number of nitrogens with one attached hydrogen (secondary N) is 2. The van der Waals surface area contributed by atoms with E-state index in [2.05, 4.69) is 10.6 Å². The molecule has 0 spiro atoms. The predicted octanol–water partition coefficient (Wildman–Crippen LogP) is -0.403. The molecule has 0 aromatic rings. The second kappa shape index (κ2) is 7.53. The summed E-state index contributed by atoms with van der Waals surface area (Å²) in [4.78, 5) is 14.4. The summed E-state index contributed by atoms with van der Waals surface area (Å²) in [5.74, 6) is -0.0327. The molecule has 2 fully saturated rings. The Kier molecular flexibility index (Phi) is 5.98. The van der Waals surface area contributed by atoms with Gasteiger partial charge in [-0.1, -0.05) is 0 Å². The average molecular weight is 319 g/mol. The first-order chi connectivity index (χ1) is 9.98. The Bertz CT molecular complexity index is 444. The number of rotatable bonds is 2. The second-order valence-corrected chi connectivity index (χ2v) is 7.52. The van der Waals surface area contributed by atoms with E-state index in [0.717, 1.165) is 51.9 Å². The van der Waals surface area contributed by atoms with E-state index in [1.807, 2.05) is 4.90 Å². The van der Waals surface area contributed by atoms with Crippen LogP contribution in [-0.4, -0.2) is 67.8 Å². The topological polar surface area (TPSA) is 98.7 Å². The summed E-state index contributed by atoms with van der Waals surface area (Å²) >= 11 is 0. The van der Waals surface area contributed by atoms with Gasteiger partial charge in [-0.3, -0.25) is 9.35 Å². The minimum Gasteiger partial charge on any atom is -0.341 e. The van der Waals surface area contributed by atoms with Crippen LogP contribution in [0.5, 0.6) is 0 Å². The van der Waals surface area contributed by atoms with E-state index in [1.165, 1.54) is 0 Å². The Morgan fingerprint density at radius 2 is 1.71 bits per heavy atom. The molecule has 0 bridgehead atoms. The second-order valence-electron chi connectivity index (χ2n) is 5.82.